The summed E-state index contributed by atoms with van der Waals surface area (Å²) in [6, 6.07) is 13.3. The van der Waals surface area contributed by atoms with Crippen molar-refractivity contribution in [3.05, 3.63) is 58.6 Å². The fourth-order valence-electron chi connectivity index (χ4n) is 1.58. The highest BCUT2D eigenvalue weighted by atomic mass is 79.9. The lowest BCUT2D eigenvalue weighted by molar-refractivity contribution is 0.143. The van der Waals surface area contributed by atoms with E-state index >= 15 is 0 Å². The fourth-order valence-corrected chi connectivity index (χ4v) is 1.85. The van der Waals surface area contributed by atoms with E-state index in [4.69, 9.17) is 15.2 Å². The van der Waals surface area contributed by atoms with Crippen molar-refractivity contribution in [2.24, 2.45) is 5.73 Å². The van der Waals surface area contributed by atoms with E-state index in [9.17, 15) is 9.59 Å². The van der Waals surface area contributed by atoms with Gasteiger partial charge in [0.2, 0.25) is 0 Å². The predicted octanol–water partition coefficient (Wildman–Crippen LogP) is 3.62. The number of amides is 1. The van der Waals surface area contributed by atoms with E-state index in [0.717, 1.165) is 4.47 Å². The van der Waals surface area contributed by atoms with Gasteiger partial charge < -0.3 is 19.9 Å². The molecule has 0 fully saturated rings. The van der Waals surface area contributed by atoms with Crippen molar-refractivity contribution in [2.45, 2.75) is 6.61 Å². The van der Waals surface area contributed by atoms with E-state index in [1.54, 1.807) is 48.5 Å². The summed E-state index contributed by atoms with van der Waals surface area (Å²) in [4.78, 5) is 22.4. The topological polar surface area (TPSA) is 87.9 Å². The average Bonchev–Trinajstić information content (AvgIpc) is 2.48. The number of primary amides is 1. The van der Waals surface area contributed by atoms with Gasteiger partial charge in [-0.25, -0.2) is 9.59 Å². The summed E-state index contributed by atoms with van der Waals surface area (Å²) in [5.41, 5.74) is 5.40. The first-order valence-electron chi connectivity index (χ1n) is 6.20. The number of hydrogen-bond acceptors (Lipinski definition) is 5. The van der Waals surface area contributed by atoms with Crippen molar-refractivity contribution in [3.63, 3.8) is 0 Å². The molecule has 0 bridgehead atoms. The molecule has 0 aromatic heterocycles. The summed E-state index contributed by atoms with van der Waals surface area (Å²) in [5, 5.41) is 0. The Hall–Kier alpha value is -2.54. The third-order valence-corrected chi connectivity index (χ3v) is 3.08. The number of hydrogen-bond donors (Lipinski definition) is 1. The van der Waals surface area contributed by atoms with Crippen LogP contribution in [0.5, 0.6) is 11.5 Å². The third-order valence-electron chi connectivity index (χ3n) is 2.55. The number of rotatable bonds is 4. The molecule has 0 heterocycles. The van der Waals surface area contributed by atoms with Gasteiger partial charge in [0.05, 0.1) is 0 Å². The molecule has 2 N–H and O–H groups in total. The van der Waals surface area contributed by atoms with Crippen LogP contribution in [0.2, 0.25) is 0 Å². The first kappa shape index (κ1) is 15.8. The standard InChI is InChI=1S/C15H12BrNO5/c16-11-5-7-12(8-6-11)21-15(19)22-13-4-2-1-3-10(13)9-20-14(17)18/h1-8H,9H2,(H2,17,18). The Kier molecular flexibility index (Phi) is 5.37. The second-order valence-corrected chi connectivity index (χ2v) is 5.04. The SMILES string of the molecule is NC(=O)OCc1ccccc1OC(=O)Oc1ccc(Br)cc1. The Morgan fingerprint density at radius 1 is 1.00 bits per heavy atom. The van der Waals surface area contributed by atoms with Crippen LogP contribution in [0.15, 0.2) is 53.0 Å². The van der Waals surface area contributed by atoms with Crippen LogP contribution in [0.25, 0.3) is 0 Å². The summed E-state index contributed by atoms with van der Waals surface area (Å²) in [6.45, 7) is -0.100. The van der Waals surface area contributed by atoms with E-state index in [-0.39, 0.29) is 12.4 Å². The molecule has 0 unspecified atom stereocenters. The van der Waals surface area contributed by atoms with Crippen LogP contribution < -0.4 is 15.2 Å². The van der Waals surface area contributed by atoms with Gasteiger partial charge in [-0.05, 0) is 30.3 Å². The predicted molar refractivity (Wildman–Crippen MR) is 81.6 cm³/mol. The van der Waals surface area contributed by atoms with Crippen molar-refractivity contribution >= 4 is 28.2 Å². The van der Waals surface area contributed by atoms with Gasteiger partial charge >= 0.3 is 12.2 Å². The van der Waals surface area contributed by atoms with Crippen LogP contribution in [-0.4, -0.2) is 12.2 Å². The van der Waals surface area contributed by atoms with Crippen LogP contribution >= 0.6 is 15.9 Å². The molecule has 2 aromatic rings. The van der Waals surface area contributed by atoms with Crippen molar-refractivity contribution in [1.29, 1.82) is 0 Å². The van der Waals surface area contributed by atoms with Gasteiger partial charge in [-0.2, -0.15) is 0 Å². The van der Waals surface area contributed by atoms with Crippen molar-refractivity contribution < 1.29 is 23.8 Å². The van der Waals surface area contributed by atoms with Gasteiger partial charge in [0, 0.05) is 10.0 Å². The van der Waals surface area contributed by atoms with E-state index in [1.807, 2.05) is 0 Å². The molecule has 0 spiro atoms. The Morgan fingerprint density at radius 3 is 2.36 bits per heavy atom. The number of carbonyl (C=O) groups excluding carboxylic acids is 2. The van der Waals surface area contributed by atoms with Crippen molar-refractivity contribution in [1.82, 2.24) is 0 Å². The number of benzene rings is 2. The third kappa shape index (κ3) is 4.78. The maximum atomic E-state index is 11.8. The number of carbonyl (C=O) groups is 2. The second-order valence-electron chi connectivity index (χ2n) is 4.12. The van der Waals surface area contributed by atoms with E-state index in [2.05, 4.69) is 20.7 Å². The molecule has 6 nitrogen and oxygen atoms in total. The van der Waals surface area contributed by atoms with Gasteiger partial charge in [-0.3, -0.25) is 0 Å². The quantitative estimate of drug-likeness (QED) is 0.660. The number of ether oxygens (including phenoxy) is 3. The molecule has 2 rings (SSSR count). The van der Waals surface area contributed by atoms with Crippen LogP contribution in [0, 0.1) is 0 Å². The summed E-state index contributed by atoms with van der Waals surface area (Å²) in [6.07, 6.45) is -1.80. The lowest BCUT2D eigenvalue weighted by Gasteiger charge is -2.10. The fraction of sp³-hybridized carbons (Fsp3) is 0.0667. The van der Waals surface area contributed by atoms with Gasteiger partial charge in [0.1, 0.15) is 18.1 Å². The van der Waals surface area contributed by atoms with Gasteiger partial charge in [-0.15, -0.1) is 0 Å². The molecule has 0 aliphatic heterocycles. The van der Waals surface area contributed by atoms with E-state index in [0.29, 0.717) is 11.3 Å². The Morgan fingerprint density at radius 2 is 1.68 bits per heavy atom. The van der Waals surface area contributed by atoms with Crippen LogP contribution in [0.4, 0.5) is 9.59 Å². The zero-order valence-corrected chi connectivity index (χ0v) is 12.9. The monoisotopic (exact) mass is 365 g/mol. The Balaban J connectivity index is 2.01. The normalized spacial score (nSPS) is 9.86. The number of halogens is 1. The van der Waals surface area contributed by atoms with Gasteiger partial charge in [-0.1, -0.05) is 34.1 Å². The lowest BCUT2D eigenvalue weighted by Crippen LogP contribution is -2.16. The lowest BCUT2D eigenvalue weighted by atomic mass is 10.2. The molecule has 7 heteroatoms. The van der Waals surface area contributed by atoms with E-state index in [1.165, 1.54) is 0 Å². The molecule has 22 heavy (non-hydrogen) atoms. The highest BCUT2D eigenvalue weighted by Gasteiger charge is 2.12. The minimum Gasteiger partial charge on any atom is -0.445 e. The molecule has 0 radical (unpaired) electrons. The highest BCUT2D eigenvalue weighted by Crippen LogP contribution is 2.21. The average molecular weight is 366 g/mol. The highest BCUT2D eigenvalue weighted by molar-refractivity contribution is 9.10. The maximum Gasteiger partial charge on any atom is 0.519 e. The van der Waals surface area contributed by atoms with Crippen molar-refractivity contribution in [2.75, 3.05) is 0 Å². The molecule has 2 aromatic carbocycles. The minimum absolute atomic E-state index is 0.100. The summed E-state index contributed by atoms with van der Waals surface area (Å²) >= 11 is 3.28. The first-order chi connectivity index (χ1) is 10.5. The van der Waals surface area contributed by atoms with Gasteiger partial charge in [0.15, 0.2) is 0 Å². The molecular formula is C15H12BrNO5. The summed E-state index contributed by atoms with van der Waals surface area (Å²) in [7, 11) is 0. The second kappa shape index (κ2) is 7.46. The number of para-hydroxylation sites is 1. The summed E-state index contributed by atoms with van der Waals surface area (Å²) in [5.74, 6) is 0.574. The molecule has 114 valence electrons. The van der Waals surface area contributed by atoms with Crippen molar-refractivity contribution in [3.8, 4) is 11.5 Å². The molecule has 0 atom stereocenters. The molecule has 1 amide bonds. The van der Waals surface area contributed by atoms with Crippen LogP contribution in [0.3, 0.4) is 0 Å². The maximum absolute atomic E-state index is 11.8. The first-order valence-corrected chi connectivity index (χ1v) is 6.99. The molecule has 0 aliphatic rings. The zero-order chi connectivity index (χ0) is 15.9. The molecule has 0 saturated heterocycles. The van der Waals surface area contributed by atoms with Gasteiger partial charge in [0.25, 0.3) is 0 Å². The smallest absolute Gasteiger partial charge is 0.445 e. The van der Waals surface area contributed by atoms with Crippen LogP contribution in [-0.2, 0) is 11.3 Å². The van der Waals surface area contributed by atoms with Crippen LogP contribution in [0.1, 0.15) is 5.56 Å². The molecular weight excluding hydrogens is 354 g/mol. The number of nitrogens with two attached hydrogens (primary N) is 1. The molecule has 0 saturated carbocycles. The molecule has 0 aliphatic carbocycles. The Labute approximate surface area is 134 Å². The Bertz CT molecular complexity index is 672. The van der Waals surface area contributed by atoms with E-state index < -0.39 is 12.2 Å². The summed E-state index contributed by atoms with van der Waals surface area (Å²) < 4.78 is 15.7. The minimum atomic E-state index is -0.910. The zero-order valence-electron chi connectivity index (χ0n) is 11.3. The largest absolute Gasteiger partial charge is 0.519 e.